The number of anilines is 1. The lowest BCUT2D eigenvalue weighted by molar-refractivity contribution is 0.192. The van der Waals surface area contributed by atoms with Crippen LogP contribution in [0, 0.1) is 0 Å². The molecule has 0 aliphatic carbocycles. The van der Waals surface area contributed by atoms with Gasteiger partial charge in [0.25, 0.3) is 5.56 Å². The van der Waals surface area contributed by atoms with Crippen LogP contribution in [0.1, 0.15) is 0 Å². The molecule has 2 aromatic heterocycles. The average molecular weight is 397 g/mol. The topological polar surface area (TPSA) is 114 Å². The van der Waals surface area contributed by atoms with E-state index in [0.29, 0.717) is 47.4 Å². The minimum absolute atomic E-state index is 0.0620. The Morgan fingerprint density at radius 1 is 1.17 bits per heavy atom. The summed E-state index contributed by atoms with van der Waals surface area (Å²) in [4.78, 5) is 21.9. The van der Waals surface area contributed by atoms with Gasteiger partial charge in [-0.05, 0) is 23.8 Å². The number of hydrogen-bond donors (Lipinski definition) is 2. The summed E-state index contributed by atoms with van der Waals surface area (Å²) >= 11 is 0. The molecule has 0 radical (unpaired) electrons. The van der Waals surface area contributed by atoms with Gasteiger partial charge in [0.1, 0.15) is 17.1 Å². The van der Waals surface area contributed by atoms with Crippen LogP contribution in [0.15, 0.2) is 35.3 Å². The molecule has 1 aromatic carbocycles. The van der Waals surface area contributed by atoms with E-state index in [2.05, 4.69) is 15.3 Å². The Morgan fingerprint density at radius 3 is 2.52 bits per heavy atom. The number of methoxy groups -OCH3 is 2. The molecule has 0 amide bonds. The van der Waals surface area contributed by atoms with E-state index >= 15 is 0 Å². The van der Waals surface area contributed by atoms with Gasteiger partial charge in [-0.2, -0.15) is 4.98 Å². The number of fused-ring (bicyclic) bond motifs is 1. The fraction of sp³-hybridized carbons (Fsp3) is 0.350. The second kappa shape index (κ2) is 7.69. The monoisotopic (exact) mass is 397 g/mol. The van der Waals surface area contributed by atoms with Crippen molar-refractivity contribution in [1.29, 1.82) is 0 Å². The van der Waals surface area contributed by atoms with Gasteiger partial charge in [-0.25, -0.2) is 4.98 Å². The minimum atomic E-state index is -0.182. The van der Waals surface area contributed by atoms with E-state index in [1.54, 1.807) is 51.7 Å². The van der Waals surface area contributed by atoms with Gasteiger partial charge in [0.2, 0.25) is 5.95 Å². The highest BCUT2D eigenvalue weighted by molar-refractivity contribution is 5.82. The van der Waals surface area contributed by atoms with Crippen LogP contribution in [0.2, 0.25) is 0 Å². The van der Waals surface area contributed by atoms with Crippen LogP contribution in [0.25, 0.3) is 22.2 Å². The van der Waals surface area contributed by atoms with Crippen molar-refractivity contribution in [1.82, 2.24) is 14.5 Å². The molecule has 9 nitrogen and oxygen atoms in total. The number of nitrogens with one attached hydrogen (secondary N) is 1. The van der Waals surface area contributed by atoms with E-state index in [1.807, 2.05) is 0 Å². The number of rotatable bonds is 5. The Balaban J connectivity index is 1.77. The molecule has 1 aliphatic heterocycles. The average Bonchev–Trinajstić information content (AvgIpc) is 3.14. The number of aryl methyl sites for hydroxylation is 1. The fourth-order valence-corrected chi connectivity index (χ4v) is 3.37. The zero-order valence-corrected chi connectivity index (χ0v) is 16.5. The van der Waals surface area contributed by atoms with Crippen molar-refractivity contribution in [2.45, 2.75) is 12.1 Å². The third-order valence-corrected chi connectivity index (χ3v) is 5.05. The summed E-state index contributed by atoms with van der Waals surface area (Å²) in [5.41, 5.74) is 7.55. The van der Waals surface area contributed by atoms with Gasteiger partial charge in [0.05, 0.1) is 39.5 Å². The molecule has 9 heteroatoms. The van der Waals surface area contributed by atoms with Crippen LogP contribution in [0.4, 0.5) is 5.95 Å². The molecule has 2 atom stereocenters. The number of ether oxygens (including phenoxy) is 3. The maximum Gasteiger partial charge on any atom is 0.259 e. The molecule has 3 aromatic rings. The van der Waals surface area contributed by atoms with Gasteiger partial charge in [-0.15, -0.1) is 0 Å². The molecular weight excluding hydrogens is 374 g/mol. The maximum atomic E-state index is 13.1. The Hall–Kier alpha value is -3.17. The number of nitrogens with zero attached hydrogens (tertiary/aromatic N) is 3. The van der Waals surface area contributed by atoms with Gasteiger partial charge in [-0.1, -0.05) is 0 Å². The van der Waals surface area contributed by atoms with E-state index in [9.17, 15) is 4.79 Å². The SMILES string of the molecule is COc1cc(OC)cc(-c2cc3cnc(NC4COCC4N)nc3n(C)c2=O)c1. The van der Waals surface area contributed by atoms with Crippen molar-refractivity contribution in [3.05, 3.63) is 40.8 Å². The molecule has 1 saturated heterocycles. The first-order chi connectivity index (χ1) is 14.0. The van der Waals surface area contributed by atoms with Crippen LogP contribution in [0.5, 0.6) is 11.5 Å². The summed E-state index contributed by atoms with van der Waals surface area (Å²) in [5, 5.41) is 3.92. The minimum Gasteiger partial charge on any atom is -0.497 e. The van der Waals surface area contributed by atoms with Gasteiger partial charge < -0.3 is 25.3 Å². The predicted molar refractivity (Wildman–Crippen MR) is 110 cm³/mol. The molecule has 4 rings (SSSR count). The Labute approximate surface area is 167 Å². The molecule has 152 valence electrons. The van der Waals surface area contributed by atoms with Crippen molar-refractivity contribution in [2.24, 2.45) is 12.8 Å². The number of nitrogens with two attached hydrogens (primary N) is 1. The van der Waals surface area contributed by atoms with Crippen LogP contribution in [0.3, 0.4) is 0 Å². The molecule has 1 fully saturated rings. The van der Waals surface area contributed by atoms with Gasteiger partial charge in [-0.3, -0.25) is 9.36 Å². The first-order valence-corrected chi connectivity index (χ1v) is 9.20. The van der Waals surface area contributed by atoms with Crippen LogP contribution < -0.4 is 26.1 Å². The molecule has 3 N–H and O–H groups in total. The lowest BCUT2D eigenvalue weighted by Gasteiger charge is -2.16. The molecule has 2 unspecified atom stereocenters. The lowest BCUT2D eigenvalue weighted by Crippen LogP contribution is -2.39. The van der Waals surface area contributed by atoms with Crippen molar-refractivity contribution in [2.75, 3.05) is 32.8 Å². The van der Waals surface area contributed by atoms with Crippen molar-refractivity contribution >= 4 is 17.0 Å². The zero-order valence-electron chi connectivity index (χ0n) is 16.5. The molecule has 1 aliphatic rings. The third-order valence-electron chi connectivity index (χ3n) is 5.05. The van der Waals surface area contributed by atoms with Crippen LogP contribution in [-0.4, -0.2) is 54.1 Å². The Bertz CT molecular complexity index is 1090. The lowest BCUT2D eigenvalue weighted by atomic mass is 10.1. The van der Waals surface area contributed by atoms with Crippen LogP contribution in [-0.2, 0) is 11.8 Å². The summed E-state index contributed by atoms with van der Waals surface area (Å²) in [6, 6.07) is 6.94. The number of benzene rings is 1. The van der Waals surface area contributed by atoms with Crippen molar-refractivity contribution in [3.63, 3.8) is 0 Å². The summed E-state index contributed by atoms with van der Waals surface area (Å²) in [6.45, 7) is 0.995. The summed E-state index contributed by atoms with van der Waals surface area (Å²) in [5.74, 6) is 1.62. The normalized spacial score (nSPS) is 18.8. The van der Waals surface area contributed by atoms with E-state index in [-0.39, 0.29) is 17.6 Å². The van der Waals surface area contributed by atoms with E-state index in [4.69, 9.17) is 19.9 Å². The molecule has 29 heavy (non-hydrogen) atoms. The second-order valence-electron chi connectivity index (χ2n) is 6.95. The number of hydrogen-bond acceptors (Lipinski definition) is 8. The maximum absolute atomic E-state index is 13.1. The smallest absolute Gasteiger partial charge is 0.259 e. The molecule has 0 spiro atoms. The fourth-order valence-electron chi connectivity index (χ4n) is 3.37. The Kier molecular flexibility index (Phi) is 5.08. The van der Waals surface area contributed by atoms with Crippen molar-refractivity contribution < 1.29 is 14.2 Å². The van der Waals surface area contributed by atoms with E-state index < -0.39 is 0 Å². The molecular formula is C20H23N5O4. The largest absolute Gasteiger partial charge is 0.497 e. The highest BCUT2D eigenvalue weighted by Gasteiger charge is 2.25. The summed E-state index contributed by atoms with van der Waals surface area (Å²) < 4.78 is 17.5. The Morgan fingerprint density at radius 2 is 1.90 bits per heavy atom. The third kappa shape index (κ3) is 3.62. The predicted octanol–water partition coefficient (Wildman–Crippen LogP) is 1.15. The molecule has 3 heterocycles. The summed E-state index contributed by atoms with van der Waals surface area (Å²) in [7, 11) is 4.83. The molecule has 0 saturated carbocycles. The van der Waals surface area contributed by atoms with Crippen LogP contribution >= 0.6 is 0 Å². The van der Waals surface area contributed by atoms with E-state index in [0.717, 1.165) is 5.39 Å². The number of pyridine rings is 1. The number of aromatic nitrogens is 3. The van der Waals surface area contributed by atoms with Gasteiger partial charge in [0.15, 0.2) is 0 Å². The van der Waals surface area contributed by atoms with E-state index in [1.165, 1.54) is 4.57 Å². The first-order valence-electron chi connectivity index (χ1n) is 9.20. The zero-order chi connectivity index (χ0) is 20.5. The molecule has 0 bridgehead atoms. The highest BCUT2D eigenvalue weighted by atomic mass is 16.5. The first kappa shape index (κ1) is 19.2. The summed E-state index contributed by atoms with van der Waals surface area (Å²) in [6.07, 6.45) is 1.69. The standard InChI is InChI=1S/C20H23N5O4/c1-25-18-12(8-22-20(24-18)23-17-10-29-9-16(17)21)6-15(19(25)26)11-4-13(27-2)7-14(5-11)28-3/h4-8,16-17H,9-10,21H2,1-3H3,(H,22,23,24). The second-order valence-corrected chi connectivity index (χ2v) is 6.95. The van der Waals surface area contributed by atoms with Gasteiger partial charge in [0, 0.05) is 30.3 Å². The van der Waals surface area contributed by atoms with Gasteiger partial charge >= 0.3 is 0 Å². The highest BCUT2D eigenvalue weighted by Crippen LogP contribution is 2.29. The van der Waals surface area contributed by atoms with Crippen molar-refractivity contribution in [3.8, 4) is 22.6 Å². The quantitative estimate of drug-likeness (QED) is 0.659.